The normalized spacial score (nSPS) is 22.8. The number of rotatable bonds is 4. The molecule has 1 N–H and O–H groups in total. The first-order valence-electron chi connectivity index (χ1n) is 10.2. The Morgan fingerprint density at radius 3 is 2.79 bits per heavy atom. The van der Waals surface area contributed by atoms with E-state index in [1.165, 1.54) is 29.4 Å². The van der Waals surface area contributed by atoms with Crippen molar-refractivity contribution < 1.29 is 9.35 Å². The summed E-state index contributed by atoms with van der Waals surface area (Å²) < 4.78 is 14.2. The summed E-state index contributed by atoms with van der Waals surface area (Å²) in [7, 11) is 2.21. The zero-order valence-corrected chi connectivity index (χ0v) is 18.0. The number of carbonyl (C=O) groups is 1. The molecule has 0 spiro atoms. The number of nitrogens with one attached hydrogen (secondary N) is 1. The van der Waals surface area contributed by atoms with E-state index in [-0.39, 0.29) is 6.03 Å². The first kappa shape index (κ1) is 19.6. The van der Waals surface area contributed by atoms with Gasteiger partial charge in [0.15, 0.2) is 4.90 Å². The zero-order chi connectivity index (χ0) is 20.0. The smallest absolute Gasteiger partial charge is 0.336 e. The van der Waals surface area contributed by atoms with Gasteiger partial charge in [-0.3, -0.25) is 4.68 Å². The number of urea groups is 1. The molecule has 2 amide bonds. The van der Waals surface area contributed by atoms with Gasteiger partial charge in [-0.05, 0) is 75.1 Å². The molecule has 0 saturated carbocycles. The Morgan fingerprint density at radius 2 is 2.11 bits per heavy atom. The molecule has 7 heteroatoms. The lowest BCUT2D eigenvalue weighted by Gasteiger charge is -2.42. The monoisotopic (exact) mass is 402 g/mol. The van der Waals surface area contributed by atoms with Crippen LogP contribution in [0.1, 0.15) is 43.7 Å². The number of nitrogens with zero attached hydrogens (tertiary/aromatic N) is 3. The molecular formula is C21H30N4O2S. The highest BCUT2D eigenvalue weighted by Crippen LogP contribution is 2.44. The zero-order valence-electron chi connectivity index (χ0n) is 17.2. The molecule has 1 aliphatic carbocycles. The fourth-order valence-corrected chi connectivity index (χ4v) is 5.52. The van der Waals surface area contributed by atoms with E-state index in [2.05, 4.69) is 29.6 Å². The Bertz CT molecular complexity index is 890. The summed E-state index contributed by atoms with van der Waals surface area (Å²) in [5.74, 6) is 0.464. The van der Waals surface area contributed by atoms with E-state index in [0.717, 1.165) is 23.4 Å². The largest absolute Gasteiger partial charge is 0.612 e. The predicted octanol–water partition coefficient (Wildman–Crippen LogP) is 3.12. The molecule has 2 aliphatic rings. The van der Waals surface area contributed by atoms with Crippen molar-refractivity contribution in [3.05, 3.63) is 29.5 Å². The van der Waals surface area contributed by atoms with Gasteiger partial charge in [0, 0.05) is 42.7 Å². The maximum Gasteiger partial charge on any atom is 0.336 e. The molecule has 0 radical (unpaired) electrons. The van der Waals surface area contributed by atoms with Crippen molar-refractivity contribution in [1.29, 1.82) is 0 Å². The summed E-state index contributed by atoms with van der Waals surface area (Å²) in [5, 5.41) is 1.24. The maximum atomic E-state index is 12.7. The van der Waals surface area contributed by atoms with E-state index in [9.17, 15) is 9.35 Å². The molecule has 3 atom stereocenters. The first-order chi connectivity index (χ1) is 13.4. The van der Waals surface area contributed by atoms with E-state index in [1.54, 1.807) is 11.2 Å². The van der Waals surface area contributed by atoms with Gasteiger partial charge in [-0.25, -0.2) is 10.2 Å². The van der Waals surface area contributed by atoms with Crippen LogP contribution in [-0.4, -0.2) is 64.0 Å². The molecule has 2 aromatic rings. The fraction of sp³-hybridized carbons (Fsp3) is 0.571. The van der Waals surface area contributed by atoms with Crippen LogP contribution in [0.2, 0.25) is 0 Å². The highest BCUT2D eigenvalue weighted by atomic mass is 32.2. The molecule has 1 aliphatic heterocycles. The summed E-state index contributed by atoms with van der Waals surface area (Å²) in [4.78, 5) is 17.7. The van der Waals surface area contributed by atoms with Crippen LogP contribution in [0.25, 0.3) is 10.9 Å². The number of amides is 2. The number of piperidine rings is 1. The summed E-state index contributed by atoms with van der Waals surface area (Å²) in [6, 6.07) is 4.49. The number of aromatic nitrogens is 1. The van der Waals surface area contributed by atoms with E-state index >= 15 is 0 Å². The maximum absolute atomic E-state index is 12.7. The van der Waals surface area contributed by atoms with Gasteiger partial charge < -0.3 is 14.4 Å². The molecule has 1 saturated heterocycles. The Morgan fingerprint density at radius 1 is 1.36 bits per heavy atom. The Labute approximate surface area is 170 Å². The van der Waals surface area contributed by atoms with Crippen molar-refractivity contribution in [2.24, 2.45) is 0 Å². The van der Waals surface area contributed by atoms with Gasteiger partial charge in [-0.15, -0.1) is 0 Å². The first-order valence-corrected chi connectivity index (χ1v) is 11.8. The van der Waals surface area contributed by atoms with Crippen LogP contribution in [0.15, 0.2) is 23.2 Å². The molecule has 2 heterocycles. The number of benzene rings is 1. The number of hydrogen-bond donors (Lipinski definition) is 1. The lowest BCUT2D eigenvalue weighted by molar-refractivity contribution is 0.157. The third kappa shape index (κ3) is 3.19. The van der Waals surface area contributed by atoms with Crippen LogP contribution in [0.3, 0.4) is 0 Å². The minimum absolute atomic E-state index is 0.105. The number of carbonyl (C=O) groups excluding carboxylic acids is 1. The number of fused-ring (bicyclic) bond motifs is 2. The molecule has 152 valence electrons. The molecule has 28 heavy (non-hydrogen) atoms. The standard InChI is InChI=1S/C21H30N4O2S/c1-5-24(6-2)21(26)22-25-13-14-10-18-16(8-7-9-23(18)3)17-11-15(28(4)27)12-19(25)20(14)17/h11-13,16,18H,5-10H2,1-4H3,(H,22,26)/t16-,18-,28?/m1/s1. The SMILES string of the molecule is CCN(CC)C(=O)Nn1cc2c3c(cc([S+](C)[O-])cc31)[C@H]1CCCN(C)[C@@H]1C2. The Hall–Kier alpha value is -1.70. The van der Waals surface area contributed by atoms with Gasteiger partial charge in [-0.2, -0.15) is 0 Å². The van der Waals surface area contributed by atoms with Crippen molar-refractivity contribution in [2.75, 3.05) is 38.4 Å². The van der Waals surface area contributed by atoms with Crippen molar-refractivity contribution in [1.82, 2.24) is 14.5 Å². The van der Waals surface area contributed by atoms with Gasteiger partial charge in [0.25, 0.3) is 0 Å². The van der Waals surface area contributed by atoms with E-state index < -0.39 is 11.2 Å². The third-order valence-electron chi connectivity index (χ3n) is 6.47. The topological polar surface area (TPSA) is 63.6 Å². The molecule has 4 rings (SSSR count). The minimum Gasteiger partial charge on any atom is -0.612 e. The lowest BCUT2D eigenvalue weighted by Crippen LogP contribution is -2.44. The van der Waals surface area contributed by atoms with Crippen molar-refractivity contribution >= 4 is 28.1 Å². The average molecular weight is 403 g/mol. The van der Waals surface area contributed by atoms with Crippen LogP contribution in [0.4, 0.5) is 4.79 Å². The summed E-state index contributed by atoms with van der Waals surface area (Å²) >= 11 is -1.07. The number of hydrogen-bond acceptors (Lipinski definition) is 3. The number of likely N-dealkylation sites (N-methyl/N-ethyl adjacent to an activating group) is 1. The molecule has 0 bridgehead atoms. The molecule has 1 aromatic carbocycles. The van der Waals surface area contributed by atoms with E-state index in [1.807, 2.05) is 24.6 Å². The second-order valence-corrected chi connectivity index (χ2v) is 9.35. The van der Waals surface area contributed by atoms with Gasteiger partial charge in [0.05, 0.1) is 5.52 Å². The van der Waals surface area contributed by atoms with Crippen LogP contribution in [0.5, 0.6) is 0 Å². The molecule has 1 aromatic heterocycles. The minimum atomic E-state index is -1.07. The highest BCUT2D eigenvalue weighted by Gasteiger charge is 2.37. The molecule has 6 nitrogen and oxygen atoms in total. The molecule has 1 unspecified atom stereocenters. The number of likely N-dealkylation sites (tertiary alicyclic amines) is 1. The highest BCUT2D eigenvalue weighted by molar-refractivity contribution is 7.90. The summed E-state index contributed by atoms with van der Waals surface area (Å²) in [6.45, 7) is 6.41. The van der Waals surface area contributed by atoms with Crippen LogP contribution in [0, 0.1) is 0 Å². The van der Waals surface area contributed by atoms with Gasteiger partial charge >= 0.3 is 6.03 Å². The van der Waals surface area contributed by atoms with E-state index in [0.29, 0.717) is 25.0 Å². The van der Waals surface area contributed by atoms with Crippen molar-refractivity contribution in [3.8, 4) is 0 Å². The Balaban J connectivity index is 1.83. The van der Waals surface area contributed by atoms with Gasteiger partial charge in [0.1, 0.15) is 6.26 Å². The van der Waals surface area contributed by atoms with Crippen molar-refractivity contribution in [2.45, 2.75) is 50.0 Å². The van der Waals surface area contributed by atoms with Crippen LogP contribution in [-0.2, 0) is 17.6 Å². The Kier molecular flexibility index (Phi) is 5.33. The quantitative estimate of drug-likeness (QED) is 0.799. The van der Waals surface area contributed by atoms with Crippen LogP contribution < -0.4 is 5.43 Å². The van der Waals surface area contributed by atoms with Gasteiger partial charge in [0.2, 0.25) is 0 Å². The molecule has 1 fully saturated rings. The molecular weight excluding hydrogens is 372 g/mol. The average Bonchev–Trinajstić information content (AvgIpc) is 3.01. The second-order valence-electron chi connectivity index (χ2n) is 7.98. The second kappa shape index (κ2) is 7.61. The summed E-state index contributed by atoms with van der Waals surface area (Å²) in [5.41, 5.74) is 6.58. The summed E-state index contributed by atoms with van der Waals surface area (Å²) in [6.07, 6.45) is 7.14. The fourth-order valence-electron chi connectivity index (χ4n) is 4.95. The predicted molar refractivity (Wildman–Crippen MR) is 114 cm³/mol. The van der Waals surface area contributed by atoms with E-state index in [4.69, 9.17) is 0 Å². The van der Waals surface area contributed by atoms with Gasteiger partial charge in [-0.1, -0.05) is 0 Å². The van der Waals surface area contributed by atoms with Crippen molar-refractivity contribution in [3.63, 3.8) is 0 Å². The third-order valence-corrected chi connectivity index (χ3v) is 7.37. The van der Waals surface area contributed by atoms with Crippen LogP contribution >= 0.6 is 0 Å². The lowest BCUT2D eigenvalue weighted by atomic mass is 9.75.